The predicted molar refractivity (Wildman–Crippen MR) is 72.3 cm³/mol. The number of nitrogens with two attached hydrogens (primary N) is 1. The third-order valence-corrected chi connectivity index (χ3v) is 3.35. The van der Waals surface area contributed by atoms with Gasteiger partial charge in [-0.05, 0) is 29.6 Å². The highest BCUT2D eigenvalue weighted by Gasteiger charge is 2.00. The van der Waals surface area contributed by atoms with Crippen LogP contribution in [-0.2, 0) is 6.42 Å². The minimum atomic E-state index is 0.602. The highest BCUT2D eigenvalue weighted by Crippen LogP contribution is 2.18. The molecule has 3 nitrogen and oxygen atoms in total. The summed E-state index contributed by atoms with van der Waals surface area (Å²) in [7, 11) is 0. The normalized spacial score (nSPS) is 10.1. The van der Waals surface area contributed by atoms with Crippen molar-refractivity contribution in [3.05, 3.63) is 46.2 Å². The van der Waals surface area contributed by atoms with Gasteiger partial charge in [-0.25, -0.2) is 0 Å². The lowest BCUT2D eigenvalue weighted by Gasteiger charge is -2.07. The van der Waals surface area contributed by atoms with Gasteiger partial charge < -0.3 is 15.9 Å². The van der Waals surface area contributed by atoms with E-state index in [2.05, 4.69) is 11.4 Å². The summed E-state index contributed by atoms with van der Waals surface area (Å²) >= 11 is 1.73. The fourth-order valence-corrected chi connectivity index (χ4v) is 2.18. The number of benzene rings is 1. The summed E-state index contributed by atoms with van der Waals surface area (Å²) in [6, 6.07) is 9.52. The first-order chi connectivity index (χ1) is 8.29. The predicted octanol–water partition coefficient (Wildman–Crippen LogP) is 2.95. The van der Waals surface area contributed by atoms with Gasteiger partial charge in [0, 0.05) is 28.8 Å². The molecule has 1 heterocycles. The van der Waals surface area contributed by atoms with Crippen molar-refractivity contribution in [1.82, 2.24) is 0 Å². The Morgan fingerprint density at radius 1 is 1.35 bits per heavy atom. The van der Waals surface area contributed by atoms with Crippen LogP contribution in [0.2, 0.25) is 0 Å². The maximum Gasteiger partial charge on any atom is 0.120 e. The van der Waals surface area contributed by atoms with Crippen LogP contribution in [-0.4, -0.2) is 12.8 Å². The fourth-order valence-electron chi connectivity index (χ4n) is 1.49. The number of ether oxygens (including phenoxy) is 1. The third-order valence-electron chi connectivity index (χ3n) is 2.41. The summed E-state index contributed by atoms with van der Waals surface area (Å²) in [6.07, 6.45) is 2.14. The first kappa shape index (κ1) is 11.7. The van der Waals surface area contributed by atoms with Gasteiger partial charge in [-0.2, -0.15) is 0 Å². The first-order valence-electron chi connectivity index (χ1n) is 5.35. The van der Waals surface area contributed by atoms with E-state index in [1.165, 1.54) is 11.1 Å². The summed E-state index contributed by atoms with van der Waals surface area (Å²) in [5.41, 5.74) is 7.00. The largest absolute Gasteiger partial charge is 0.493 e. The molecule has 2 rings (SSSR count). The number of hydrogen-bond donors (Lipinski definition) is 2. The van der Waals surface area contributed by atoms with Gasteiger partial charge in [0.15, 0.2) is 0 Å². The number of anilines is 1. The van der Waals surface area contributed by atoms with E-state index in [-0.39, 0.29) is 0 Å². The van der Waals surface area contributed by atoms with E-state index < -0.39 is 0 Å². The molecule has 0 fully saturated rings. The van der Waals surface area contributed by atoms with Gasteiger partial charge in [0.2, 0.25) is 0 Å². The summed E-state index contributed by atoms with van der Waals surface area (Å²) in [5, 5.41) is 9.27. The lowest BCUT2D eigenvalue weighted by atomic mass is 10.2. The highest BCUT2D eigenvalue weighted by molar-refractivity contribution is 7.09. The first-order valence-corrected chi connectivity index (χ1v) is 6.23. The molecule has 88 valence electrons. The molecule has 2 aromatic rings. The average molecular weight is 246 g/mol. The summed E-state index contributed by atoms with van der Waals surface area (Å²) in [6.45, 7) is 0.641. The molecule has 0 saturated heterocycles. The van der Waals surface area contributed by atoms with Gasteiger partial charge in [-0.1, -0.05) is 6.07 Å². The topological polar surface area (TPSA) is 59.1 Å². The van der Waals surface area contributed by atoms with Crippen LogP contribution in [0, 0.1) is 5.41 Å². The van der Waals surface area contributed by atoms with Gasteiger partial charge >= 0.3 is 0 Å². The molecule has 1 aromatic heterocycles. The Kier molecular flexibility index (Phi) is 3.77. The zero-order chi connectivity index (χ0) is 12.1. The lowest BCUT2D eigenvalue weighted by Crippen LogP contribution is -2.01. The quantitative estimate of drug-likeness (QED) is 0.629. The Bertz CT molecular complexity index is 494. The van der Waals surface area contributed by atoms with Crippen molar-refractivity contribution in [3.8, 4) is 5.75 Å². The molecule has 0 aliphatic heterocycles. The molecule has 0 aliphatic carbocycles. The van der Waals surface area contributed by atoms with Crippen LogP contribution in [0.5, 0.6) is 5.75 Å². The van der Waals surface area contributed by atoms with Crippen LogP contribution in [0.25, 0.3) is 0 Å². The molecular weight excluding hydrogens is 232 g/mol. The SMILES string of the molecule is N=Cc1cc(OCCc2cccs2)ccc1N. The molecular formula is C13H14N2OS. The third kappa shape index (κ3) is 3.07. The van der Waals surface area contributed by atoms with Crippen LogP contribution in [0.3, 0.4) is 0 Å². The molecule has 0 saturated carbocycles. The Labute approximate surface area is 104 Å². The van der Waals surface area contributed by atoms with Crippen molar-refractivity contribution in [1.29, 1.82) is 5.41 Å². The molecule has 0 atom stereocenters. The van der Waals surface area contributed by atoms with Gasteiger partial charge in [-0.15, -0.1) is 11.3 Å². The number of thiophene rings is 1. The van der Waals surface area contributed by atoms with Gasteiger partial charge in [0.25, 0.3) is 0 Å². The Morgan fingerprint density at radius 3 is 2.94 bits per heavy atom. The maximum absolute atomic E-state index is 7.21. The average Bonchev–Trinajstić information content (AvgIpc) is 2.84. The standard InChI is InChI=1S/C13H14N2OS/c14-9-10-8-11(3-4-13(10)15)16-6-5-12-2-1-7-17-12/h1-4,7-9,14H,5-6,15H2. The van der Waals surface area contributed by atoms with E-state index in [0.29, 0.717) is 17.9 Å². The smallest absolute Gasteiger partial charge is 0.120 e. The van der Waals surface area contributed by atoms with Crippen LogP contribution in [0.1, 0.15) is 10.4 Å². The van der Waals surface area contributed by atoms with E-state index in [0.717, 1.165) is 12.2 Å². The van der Waals surface area contributed by atoms with E-state index in [9.17, 15) is 0 Å². The van der Waals surface area contributed by atoms with E-state index in [1.54, 1.807) is 23.5 Å². The van der Waals surface area contributed by atoms with Crippen LogP contribution >= 0.6 is 11.3 Å². The molecule has 0 aliphatic rings. The Hall–Kier alpha value is -1.81. The van der Waals surface area contributed by atoms with Crippen molar-refractivity contribution in [2.75, 3.05) is 12.3 Å². The molecule has 4 heteroatoms. The number of nitrogen functional groups attached to an aromatic ring is 1. The number of hydrogen-bond acceptors (Lipinski definition) is 4. The van der Waals surface area contributed by atoms with Gasteiger partial charge in [-0.3, -0.25) is 0 Å². The van der Waals surface area contributed by atoms with Crippen molar-refractivity contribution in [3.63, 3.8) is 0 Å². The molecule has 0 amide bonds. The fraction of sp³-hybridized carbons (Fsp3) is 0.154. The maximum atomic E-state index is 7.21. The second kappa shape index (κ2) is 5.50. The number of nitrogens with one attached hydrogen (secondary N) is 1. The lowest BCUT2D eigenvalue weighted by molar-refractivity contribution is 0.323. The Morgan fingerprint density at radius 2 is 2.24 bits per heavy atom. The molecule has 0 bridgehead atoms. The monoisotopic (exact) mass is 246 g/mol. The summed E-state index contributed by atoms with van der Waals surface area (Å²) < 4.78 is 5.62. The minimum absolute atomic E-state index is 0.602. The minimum Gasteiger partial charge on any atom is -0.493 e. The molecule has 0 unspecified atom stereocenters. The Balaban J connectivity index is 1.93. The van der Waals surface area contributed by atoms with Crippen molar-refractivity contribution in [2.24, 2.45) is 0 Å². The summed E-state index contributed by atoms with van der Waals surface area (Å²) in [4.78, 5) is 1.31. The molecule has 1 aromatic carbocycles. The van der Waals surface area contributed by atoms with Crippen molar-refractivity contribution < 1.29 is 4.74 Å². The van der Waals surface area contributed by atoms with Gasteiger partial charge in [0.05, 0.1) is 6.61 Å². The highest BCUT2D eigenvalue weighted by atomic mass is 32.1. The van der Waals surface area contributed by atoms with Crippen LogP contribution in [0.15, 0.2) is 35.7 Å². The zero-order valence-corrected chi connectivity index (χ0v) is 10.2. The van der Waals surface area contributed by atoms with E-state index in [1.807, 2.05) is 12.1 Å². The van der Waals surface area contributed by atoms with Crippen molar-refractivity contribution in [2.45, 2.75) is 6.42 Å². The second-order valence-electron chi connectivity index (χ2n) is 3.61. The molecule has 0 spiro atoms. The van der Waals surface area contributed by atoms with Crippen molar-refractivity contribution >= 4 is 23.2 Å². The van der Waals surface area contributed by atoms with Crippen LogP contribution < -0.4 is 10.5 Å². The van der Waals surface area contributed by atoms with E-state index in [4.69, 9.17) is 15.9 Å². The van der Waals surface area contributed by atoms with E-state index >= 15 is 0 Å². The molecule has 3 N–H and O–H groups in total. The van der Waals surface area contributed by atoms with Gasteiger partial charge in [0.1, 0.15) is 5.75 Å². The van der Waals surface area contributed by atoms with Crippen LogP contribution in [0.4, 0.5) is 5.69 Å². The summed E-state index contributed by atoms with van der Waals surface area (Å²) in [5.74, 6) is 0.759. The molecule has 17 heavy (non-hydrogen) atoms. The number of rotatable bonds is 5. The zero-order valence-electron chi connectivity index (χ0n) is 9.35. The molecule has 0 radical (unpaired) electrons. The second-order valence-corrected chi connectivity index (χ2v) is 4.65.